The van der Waals surface area contributed by atoms with E-state index in [9.17, 15) is 14.4 Å². The van der Waals surface area contributed by atoms with Gasteiger partial charge in [-0.25, -0.2) is 9.59 Å². The number of aliphatic carboxylic acids is 1. The highest BCUT2D eigenvalue weighted by molar-refractivity contribution is 6.02. The van der Waals surface area contributed by atoms with Gasteiger partial charge in [-0.2, -0.15) is 0 Å². The second-order valence-corrected chi connectivity index (χ2v) is 3.04. The number of ether oxygens (including phenoxy) is 1. The van der Waals surface area contributed by atoms with Gasteiger partial charge in [0.1, 0.15) is 0 Å². The second kappa shape index (κ2) is 8.28. The molecule has 0 aliphatic heterocycles. The van der Waals surface area contributed by atoms with Crippen LogP contribution in [0.1, 0.15) is 6.92 Å². The molecule has 0 spiro atoms. The normalized spacial score (nSPS) is 10.2. The number of amides is 3. The highest BCUT2D eigenvalue weighted by Gasteiger charge is 2.12. The number of hydrogen-bond donors (Lipinski definition) is 2. The maximum Gasteiger partial charge on any atom is 0.328 e. The molecule has 0 fully saturated rings. The van der Waals surface area contributed by atoms with Crippen LogP contribution in [0.4, 0.5) is 4.79 Å². The molecule has 0 saturated heterocycles. The van der Waals surface area contributed by atoms with Gasteiger partial charge in [0.05, 0.1) is 6.61 Å². The third-order valence-corrected chi connectivity index (χ3v) is 1.84. The molecule has 0 bridgehead atoms. The quantitative estimate of drug-likeness (QED) is 0.632. The Labute approximate surface area is 99.0 Å². The smallest absolute Gasteiger partial charge is 0.328 e. The number of carboxylic acid groups (broad SMARTS) is 1. The summed E-state index contributed by atoms with van der Waals surface area (Å²) in [6.45, 7) is 2.90. The van der Waals surface area contributed by atoms with Crippen LogP contribution in [-0.4, -0.2) is 54.7 Å². The molecule has 17 heavy (non-hydrogen) atoms. The summed E-state index contributed by atoms with van der Waals surface area (Å²) in [7, 11) is 1.51. The summed E-state index contributed by atoms with van der Waals surface area (Å²) >= 11 is 0. The van der Waals surface area contributed by atoms with E-state index in [1.54, 1.807) is 6.92 Å². The third-order valence-electron chi connectivity index (χ3n) is 1.84. The van der Waals surface area contributed by atoms with Gasteiger partial charge in [-0.1, -0.05) is 0 Å². The lowest BCUT2D eigenvalue weighted by atomic mass is 10.4. The Morgan fingerprint density at radius 3 is 2.47 bits per heavy atom. The first-order valence-electron chi connectivity index (χ1n) is 5.01. The zero-order valence-corrected chi connectivity index (χ0v) is 9.80. The monoisotopic (exact) mass is 244 g/mol. The van der Waals surface area contributed by atoms with E-state index in [1.807, 2.05) is 5.32 Å². The van der Waals surface area contributed by atoms with Crippen molar-refractivity contribution in [3.05, 3.63) is 12.2 Å². The predicted molar refractivity (Wildman–Crippen MR) is 59.4 cm³/mol. The van der Waals surface area contributed by atoms with Crippen LogP contribution in [0.25, 0.3) is 0 Å². The molecule has 0 aromatic heterocycles. The summed E-state index contributed by atoms with van der Waals surface area (Å²) < 4.78 is 4.81. The first-order valence-corrected chi connectivity index (χ1v) is 5.01. The second-order valence-electron chi connectivity index (χ2n) is 3.04. The summed E-state index contributed by atoms with van der Waals surface area (Å²) in [6, 6.07) is -0.579. The summed E-state index contributed by atoms with van der Waals surface area (Å²) in [6.07, 6.45) is 1.44. The van der Waals surface area contributed by atoms with Crippen molar-refractivity contribution in [1.29, 1.82) is 0 Å². The van der Waals surface area contributed by atoms with Crippen molar-refractivity contribution >= 4 is 17.9 Å². The number of likely N-dealkylation sites (N-methyl/N-ethyl adjacent to an activating group) is 1. The lowest BCUT2D eigenvalue weighted by Crippen LogP contribution is -2.43. The molecule has 0 aliphatic rings. The number of imide groups is 1. The summed E-state index contributed by atoms with van der Waals surface area (Å²) in [5.74, 6) is -2.02. The minimum atomic E-state index is -1.25. The average Bonchev–Trinajstić information content (AvgIpc) is 2.27. The Hall–Kier alpha value is -1.89. The van der Waals surface area contributed by atoms with Crippen molar-refractivity contribution in [2.24, 2.45) is 0 Å². The lowest BCUT2D eigenvalue weighted by molar-refractivity contribution is -0.131. The highest BCUT2D eigenvalue weighted by Crippen LogP contribution is 1.89. The van der Waals surface area contributed by atoms with E-state index < -0.39 is 17.9 Å². The topological polar surface area (TPSA) is 95.9 Å². The van der Waals surface area contributed by atoms with Crippen molar-refractivity contribution in [1.82, 2.24) is 10.2 Å². The van der Waals surface area contributed by atoms with E-state index in [2.05, 4.69) is 0 Å². The number of methoxy groups -OCH3 is 1. The molecule has 2 N–H and O–H groups in total. The fourth-order valence-corrected chi connectivity index (χ4v) is 0.978. The number of nitrogens with zero attached hydrogens (tertiary/aromatic N) is 1. The van der Waals surface area contributed by atoms with Gasteiger partial charge in [0.25, 0.3) is 5.91 Å². The Bertz CT molecular complexity index is 314. The van der Waals surface area contributed by atoms with E-state index in [4.69, 9.17) is 9.84 Å². The van der Waals surface area contributed by atoms with Crippen LogP contribution in [0.3, 0.4) is 0 Å². The van der Waals surface area contributed by atoms with Crippen molar-refractivity contribution in [2.45, 2.75) is 6.92 Å². The number of carbonyl (C=O) groups excluding carboxylic acids is 2. The summed E-state index contributed by atoms with van der Waals surface area (Å²) in [4.78, 5) is 34.1. The zero-order valence-electron chi connectivity index (χ0n) is 9.80. The van der Waals surface area contributed by atoms with Crippen LogP contribution in [-0.2, 0) is 14.3 Å². The van der Waals surface area contributed by atoms with Crippen molar-refractivity contribution < 1.29 is 24.2 Å². The number of carbonyl (C=O) groups is 3. The number of urea groups is 1. The molecule has 0 aromatic rings. The van der Waals surface area contributed by atoms with E-state index in [0.29, 0.717) is 25.8 Å². The van der Waals surface area contributed by atoms with Gasteiger partial charge < -0.3 is 14.7 Å². The standard InChI is InChI=1S/C10H16N2O5/c1-3-12(6-7-17-2)10(16)11-8(13)4-5-9(14)15/h4-5H,3,6-7H2,1-2H3,(H,14,15)(H,11,13,16). The van der Waals surface area contributed by atoms with E-state index in [1.165, 1.54) is 12.0 Å². The van der Waals surface area contributed by atoms with Gasteiger partial charge in [-0.3, -0.25) is 10.1 Å². The molecule has 0 heterocycles. The third kappa shape index (κ3) is 7.07. The van der Waals surface area contributed by atoms with Crippen LogP contribution in [0, 0.1) is 0 Å². The molecule has 96 valence electrons. The molecule has 0 aliphatic carbocycles. The van der Waals surface area contributed by atoms with Gasteiger partial charge >= 0.3 is 12.0 Å². The van der Waals surface area contributed by atoms with Gasteiger partial charge in [0, 0.05) is 32.4 Å². The van der Waals surface area contributed by atoms with Crippen molar-refractivity contribution in [2.75, 3.05) is 26.8 Å². The molecule has 0 radical (unpaired) electrons. The Kier molecular flexibility index (Phi) is 7.36. The average molecular weight is 244 g/mol. The zero-order chi connectivity index (χ0) is 13.3. The SMILES string of the molecule is CCN(CCOC)C(=O)NC(=O)C=CC(=O)O. The highest BCUT2D eigenvalue weighted by atomic mass is 16.5. The maximum absolute atomic E-state index is 11.5. The molecule has 7 heteroatoms. The minimum Gasteiger partial charge on any atom is -0.478 e. The largest absolute Gasteiger partial charge is 0.478 e. The maximum atomic E-state index is 11.5. The van der Waals surface area contributed by atoms with Crippen LogP contribution in [0.15, 0.2) is 12.2 Å². The summed E-state index contributed by atoms with van der Waals surface area (Å²) in [5.41, 5.74) is 0. The molecule has 0 unspecified atom stereocenters. The minimum absolute atomic E-state index is 0.356. The number of nitrogens with one attached hydrogen (secondary N) is 1. The fraction of sp³-hybridized carbons (Fsp3) is 0.500. The molecule has 0 atom stereocenters. The number of hydrogen-bond acceptors (Lipinski definition) is 4. The van der Waals surface area contributed by atoms with Gasteiger partial charge in [0.2, 0.25) is 0 Å². The van der Waals surface area contributed by atoms with Crippen LogP contribution < -0.4 is 5.32 Å². The molecule has 3 amide bonds. The van der Waals surface area contributed by atoms with Gasteiger partial charge in [0.15, 0.2) is 0 Å². The molecule has 7 nitrogen and oxygen atoms in total. The Morgan fingerprint density at radius 2 is 2.00 bits per heavy atom. The van der Waals surface area contributed by atoms with Crippen LogP contribution >= 0.6 is 0 Å². The van der Waals surface area contributed by atoms with Crippen molar-refractivity contribution in [3.8, 4) is 0 Å². The van der Waals surface area contributed by atoms with Gasteiger partial charge in [-0.05, 0) is 6.92 Å². The van der Waals surface area contributed by atoms with E-state index >= 15 is 0 Å². The molecule has 0 saturated carbocycles. The summed E-state index contributed by atoms with van der Waals surface area (Å²) in [5, 5.41) is 10.3. The number of carboxylic acids is 1. The first-order chi connectivity index (χ1) is 8.01. The molecular weight excluding hydrogens is 228 g/mol. The Morgan fingerprint density at radius 1 is 1.35 bits per heavy atom. The van der Waals surface area contributed by atoms with E-state index in [0.717, 1.165) is 6.08 Å². The van der Waals surface area contributed by atoms with E-state index in [-0.39, 0.29) is 0 Å². The Balaban J connectivity index is 4.21. The van der Waals surface area contributed by atoms with Crippen LogP contribution in [0.5, 0.6) is 0 Å². The van der Waals surface area contributed by atoms with Crippen molar-refractivity contribution in [3.63, 3.8) is 0 Å². The predicted octanol–water partition coefficient (Wildman–Crippen LogP) is -0.168. The van der Waals surface area contributed by atoms with Gasteiger partial charge in [-0.15, -0.1) is 0 Å². The number of rotatable bonds is 6. The molecular formula is C10H16N2O5. The van der Waals surface area contributed by atoms with Crippen LogP contribution in [0.2, 0.25) is 0 Å². The lowest BCUT2D eigenvalue weighted by Gasteiger charge is -2.19. The molecule has 0 rings (SSSR count). The molecule has 0 aromatic carbocycles. The fourth-order valence-electron chi connectivity index (χ4n) is 0.978. The first kappa shape index (κ1) is 15.1.